The highest BCUT2D eigenvalue weighted by atomic mass is 16.2. The summed E-state index contributed by atoms with van der Waals surface area (Å²) in [6.07, 6.45) is 7.62. The smallest absolute Gasteiger partial charge is 0.255 e. The van der Waals surface area contributed by atoms with Gasteiger partial charge in [-0.3, -0.25) is 9.69 Å². The molecule has 1 saturated heterocycles. The summed E-state index contributed by atoms with van der Waals surface area (Å²) in [5.74, 6) is 0.851. The second-order valence-electron chi connectivity index (χ2n) is 9.08. The molecule has 31 heavy (non-hydrogen) atoms. The zero-order chi connectivity index (χ0) is 21.4. The number of carbonyl (C=O) groups excluding carboxylic acids is 1. The highest BCUT2D eigenvalue weighted by molar-refractivity contribution is 5.99. The third-order valence-corrected chi connectivity index (χ3v) is 7.24. The molecule has 164 valence electrons. The van der Waals surface area contributed by atoms with Crippen LogP contribution in [0.3, 0.4) is 0 Å². The first-order valence-corrected chi connectivity index (χ1v) is 11.6. The van der Waals surface area contributed by atoms with Gasteiger partial charge in [0.25, 0.3) is 5.91 Å². The number of nitrogen functional groups attached to an aromatic ring is 1. The second-order valence-corrected chi connectivity index (χ2v) is 9.08. The summed E-state index contributed by atoms with van der Waals surface area (Å²) < 4.78 is 0. The van der Waals surface area contributed by atoms with Crippen molar-refractivity contribution >= 4 is 17.5 Å². The summed E-state index contributed by atoms with van der Waals surface area (Å²) in [5, 5.41) is 0. The Bertz CT molecular complexity index is 965. The Kier molecular flexibility index (Phi) is 5.52. The lowest BCUT2D eigenvalue weighted by Crippen LogP contribution is -2.52. The summed E-state index contributed by atoms with van der Waals surface area (Å²) in [5.41, 5.74) is 10.5. The number of nitrogens with zero attached hydrogens (tertiary/aromatic N) is 5. The Morgan fingerprint density at radius 2 is 1.84 bits per heavy atom. The average Bonchev–Trinajstić information content (AvgIpc) is 2.97. The average molecular weight is 421 g/mol. The van der Waals surface area contributed by atoms with Crippen molar-refractivity contribution in [3.63, 3.8) is 0 Å². The minimum atomic E-state index is 0.00862. The van der Waals surface area contributed by atoms with Crippen LogP contribution in [0.2, 0.25) is 0 Å². The van der Waals surface area contributed by atoms with Crippen LogP contribution >= 0.6 is 0 Å². The van der Waals surface area contributed by atoms with Crippen molar-refractivity contribution in [2.45, 2.75) is 45.1 Å². The fraction of sp³-hybridized carbons (Fsp3) is 0.542. The number of benzene rings is 1. The number of nitrogens with two attached hydrogens (primary N) is 1. The number of aryl methyl sites for hydroxylation is 1. The van der Waals surface area contributed by atoms with Crippen molar-refractivity contribution < 1.29 is 4.79 Å². The Balaban J connectivity index is 1.25. The van der Waals surface area contributed by atoms with E-state index in [1.807, 2.05) is 36.2 Å². The molecule has 7 nitrogen and oxygen atoms in total. The van der Waals surface area contributed by atoms with Crippen molar-refractivity contribution in [1.82, 2.24) is 19.8 Å². The van der Waals surface area contributed by atoms with Gasteiger partial charge in [-0.2, -0.15) is 0 Å². The molecular formula is C24H32N6O. The molecule has 1 aromatic heterocycles. The summed E-state index contributed by atoms with van der Waals surface area (Å²) in [6, 6.07) is 6.46. The number of aromatic nitrogens is 2. The van der Waals surface area contributed by atoms with Crippen LogP contribution in [-0.4, -0.2) is 71.0 Å². The molecule has 2 N–H and O–H groups in total. The normalized spacial score (nSPS) is 20.2. The van der Waals surface area contributed by atoms with Gasteiger partial charge < -0.3 is 15.5 Å². The van der Waals surface area contributed by atoms with Gasteiger partial charge in [0.05, 0.1) is 11.3 Å². The molecule has 0 spiro atoms. The van der Waals surface area contributed by atoms with Gasteiger partial charge in [-0.25, -0.2) is 9.97 Å². The number of hydrogen-bond acceptors (Lipinski definition) is 6. The van der Waals surface area contributed by atoms with E-state index in [-0.39, 0.29) is 5.91 Å². The van der Waals surface area contributed by atoms with Crippen LogP contribution in [0.15, 0.2) is 24.4 Å². The molecule has 1 aliphatic carbocycles. The predicted molar refractivity (Wildman–Crippen MR) is 122 cm³/mol. The minimum absolute atomic E-state index is 0.00862. The molecule has 3 aliphatic rings. The first-order valence-electron chi connectivity index (χ1n) is 11.6. The quantitative estimate of drug-likeness (QED) is 0.768. The molecule has 7 heteroatoms. The molecule has 0 atom stereocenters. The molecule has 2 aromatic rings. The number of para-hydroxylation sites is 1. The maximum Gasteiger partial charge on any atom is 0.255 e. The zero-order valence-corrected chi connectivity index (χ0v) is 18.4. The van der Waals surface area contributed by atoms with Crippen LogP contribution < -0.4 is 10.6 Å². The minimum Gasteiger partial charge on any atom is -0.398 e. The van der Waals surface area contributed by atoms with Gasteiger partial charge in [0.15, 0.2) is 0 Å². The first-order chi connectivity index (χ1) is 15.1. The fourth-order valence-corrected chi connectivity index (χ4v) is 4.90. The first kappa shape index (κ1) is 20.2. The third-order valence-electron chi connectivity index (χ3n) is 7.24. The molecule has 0 unspecified atom stereocenters. The van der Waals surface area contributed by atoms with Crippen LogP contribution in [-0.2, 0) is 12.8 Å². The lowest BCUT2D eigenvalue weighted by Gasteiger charge is -2.43. The molecule has 2 fully saturated rings. The largest absolute Gasteiger partial charge is 0.398 e. The van der Waals surface area contributed by atoms with Crippen LogP contribution in [0.5, 0.6) is 0 Å². The zero-order valence-electron chi connectivity index (χ0n) is 18.4. The highest BCUT2D eigenvalue weighted by Gasteiger charge is 2.29. The molecule has 1 amide bonds. The molecule has 0 radical (unpaired) electrons. The van der Waals surface area contributed by atoms with Crippen molar-refractivity contribution in [3.8, 4) is 0 Å². The van der Waals surface area contributed by atoms with Gasteiger partial charge in [-0.1, -0.05) is 18.6 Å². The van der Waals surface area contributed by atoms with E-state index in [4.69, 9.17) is 10.7 Å². The topological polar surface area (TPSA) is 78.6 Å². The fourth-order valence-electron chi connectivity index (χ4n) is 4.90. The summed E-state index contributed by atoms with van der Waals surface area (Å²) in [7, 11) is 0. The molecular weight excluding hydrogens is 388 g/mol. The van der Waals surface area contributed by atoms with E-state index >= 15 is 0 Å². The van der Waals surface area contributed by atoms with E-state index in [0.717, 1.165) is 67.8 Å². The maximum atomic E-state index is 13.1. The van der Waals surface area contributed by atoms with Gasteiger partial charge in [-0.15, -0.1) is 0 Å². The van der Waals surface area contributed by atoms with Crippen molar-refractivity contribution in [2.24, 2.45) is 0 Å². The molecule has 1 saturated carbocycles. The van der Waals surface area contributed by atoms with Gasteiger partial charge >= 0.3 is 0 Å². The van der Waals surface area contributed by atoms with E-state index in [1.54, 1.807) is 0 Å². The number of fused-ring (bicyclic) bond motifs is 1. The predicted octanol–water partition coefficient (Wildman–Crippen LogP) is 2.28. The van der Waals surface area contributed by atoms with E-state index in [2.05, 4.69) is 14.8 Å². The summed E-state index contributed by atoms with van der Waals surface area (Å²) >= 11 is 0. The van der Waals surface area contributed by atoms with Gasteiger partial charge in [0, 0.05) is 63.6 Å². The summed E-state index contributed by atoms with van der Waals surface area (Å²) in [6.45, 7) is 7.45. The number of rotatable bonds is 3. The summed E-state index contributed by atoms with van der Waals surface area (Å²) in [4.78, 5) is 29.6. The maximum absolute atomic E-state index is 13.1. The Morgan fingerprint density at radius 3 is 2.58 bits per heavy atom. The number of anilines is 2. The number of hydrogen-bond donors (Lipinski definition) is 1. The van der Waals surface area contributed by atoms with Crippen molar-refractivity contribution in [1.29, 1.82) is 0 Å². The lowest BCUT2D eigenvalue weighted by atomic mass is 9.91. The SMILES string of the molecule is Cc1cccc(C(=O)N2CCc3cnc(N4CCN(C5CCC5)CC4)nc3CC2)c1N. The third kappa shape index (κ3) is 3.99. The van der Waals surface area contributed by atoms with Gasteiger partial charge in [-0.05, 0) is 43.4 Å². The van der Waals surface area contributed by atoms with E-state index in [0.29, 0.717) is 24.3 Å². The standard InChI is InChI=1S/C24H32N6O/c1-17-4-2-7-20(22(17)25)23(31)29-10-8-18-16-26-24(27-21(18)9-11-29)30-14-12-28(13-15-30)19-5-3-6-19/h2,4,7,16,19H,3,5-6,8-15,25H2,1H3. The van der Waals surface area contributed by atoms with Crippen LogP contribution in [0.25, 0.3) is 0 Å². The van der Waals surface area contributed by atoms with Crippen LogP contribution in [0.4, 0.5) is 11.6 Å². The Hall–Kier alpha value is -2.67. The highest BCUT2D eigenvalue weighted by Crippen LogP contribution is 2.27. The second kappa shape index (κ2) is 8.46. The van der Waals surface area contributed by atoms with Crippen LogP contribution in [0.1, 0.15) is 46.4 Å². The van der Waals surface area contributed by atoms with E-state index in [1.165, 1.54) is 19.3 Å². The Morgan fingerprint density at radius 1 is 1.06 bits per heavy atom. The Labute approximate surface area is 184 Å². The molecule has 0 bridgehead atoms. The molecule has 2 aliphatic heterocycles. The molecule has 3 heterocycles. The lowest BCUT2D eigenvalue weighted by molar-refractivity contribution is 0.0764. The van der Waals surface area contributed by atoms with Crippen LogP contribution in [0, 0.1) is 6.92 Å². The van der Waals surface area contributed by atoms with Crippen molar-refractivity contribution in [3.05, 3.63) is 46.8 Å². The monoisotopic (exact) mass is 420 g/mol. The van der Waals surface area contributed by atoms with Gasteiger partial charge in [0.1, 0.15) is 0 Å². The number of carbonyl (C=O) groups is 1. The molecule has 5 rings (SSSR count). The number of piperazine rings is 1. The van der Waals surface area contributed by atoms with Gasteiger partial charge in [0.2, 0.25) is 5.95 Å². The molecule has 1 aromatic carbocycles. The van der Waals surface area contributed by atoms with E-state index < -0.39 is 0 Å². The van der Waals surface area contributed by atoms with E-state index in [9.17, 15) is 4.79 Å². The number of amides is 1. The van der Waals surface area contributed by atoms with Crippen molar-refractivity contribution in [2.75, 3.05) is 49.9 Å².